The van der Waals surface area contributed by atoms with Gasteiger partial charge in [0.1, 0.15) is 23.2 Å². The van der Waals surface area contributed by atoms with Crippen molar-refractivity contribution in [2.45, 2.75) is 49.4 Å². The first-order valence-electron chi connectivity index (χ1n) is 13.8. The van der Waals surface area contributed by atoms with Crippen molar-refractivity contribution < 1.29 is 53.4 Å². The van der Waals surface area contributed by atoms with Crippen LogP contribution in [0.1, 0.15) is 56.9 Å². The van der Waals surface area contributed by atoms with Crippen LogP contribution in [-0.2, 0) is 18.1 Å². The molecule has 242 valence electrons. The van der Waals surface area contributed by atoms with Gasteiger partial charge in [-0.2, -0.15) is 30.7 Å². The Kier molecular flexibility index (Phi) is 8.80. The van der Waals surface area contributed by atoms with E-state index < -0.39 is 64.5 Å². The molecule has 0 spiro atoms. The molecule has 5 rings (SSSR count). The summed E-state index contributed by atoms with van der Waals surface area (Å²) < 4.78 is 143. The summed E-state index contributed by atoms with van der Waals surface area (Å²) >= 11 is 0. The first-order chi connectivity index (χ1) is 21.6. The number of benzene rings is 4. The summed E-state index contributed by atoms with van der Waals surface area (Å²) in [5.41, 5.74) is -4.14. The number of nitrogens with one attached hydrogen (secondary N) is 1. The van der Waals surface area contributed by atoms with Crippen LogP contribution < -0.4 is 10.1 Å². The Balaban J connectivity index is 1.75. The molecule has 0 heterocycles. The Morgan fingerprint density at radius 2 is 1.48 bits per heavy atom. The topological polar surface area (TPSA) is 38.3 Å². The Bertz CT molecular complexity index is 1740. The lowest BCUT2D eigenvalue weighted by Gasteiger charge is -2.37. The van der Waals surface area contributed by atoms with Crippen molar-refractivity contribution in [2.75, 3.05) is 0 Å². The number of hydrogen-bond acceptors (Lipinski definition) is 2. The van der Waals surface area contributed by atoms with Gasteiger partial charge in [0.2, 0.25) is 0 Å². The van der Waals surface area contributed by atoms with Crippen LogP contribution in [0.3, 0.4) is 0 Å². The van der Waals surface area contributed by atoms with Gasteiger partial charge < -0.3 is 10.1 Å². The fourth-order valence-corrected chi connectivity index (χ4v) is 5.20. The molecule has 1 fully saturated rings. The van der Waals surface area contributed by atoms with Crippen LogP contribution >= 0.6 is 0 Å². The SMILES string of the molecule is O=C(NC(Cc1ccccc1)(c1cc(F)cc(OC(F)(F)C(F)F)c1)c1ccc(F)c(C2CC2)c1)c1ccc(F)c(C(F)(F)F)c1. The predicted octanol–water partition coefficient (Wildman–Crippen LogP) is 9.15. The van der Waals surface area contributed by atoms with E-state index in [2.05, 4.69) is 10.1 Å². The van der Waals surface area contributed by atoms with Crippen molar-refractivity contribution in [1.29, 1.82) is 0 Å². The highest BCUT2D eigenvalue weighted by Gasteiger charge is 2.45. The highest BCUT2D eigenvalue weighted by Crippen LogP contribution is 2.44. The zero-order chi connectivity index (χ0) is 33.4. The fourth-order valence-electron chi connectivity index (χ4n) is 5.20. The standard InChI is InChI=1S/C33H23F10NO2/c34-23-13-22(14-24(16-23)46-33(42,43)30(37)38)31(17-18-4-2-1-3-5-18,21-9-11-27(35)25(15-21)19-6-7-19)44-29(45)20-8-10-28(36)26(12-20)32(39,40)41/h1-5,8-16,19,30H,6-7,17H2,(H,44,45). The lowest BCUT2D eigenvalue weighted by Crippen LogP contribution is -2.49. The smallest absolute Gasteiger partial charge is 0.428 e. The molecule has 0 saturated heterocycles. The number of halogens is 10. The van der Waals surface area contributed by atoms with Crippen LogP contribution in [-0.4, -0.2) is 18.4 Å². The largest absolute Gasteiger partial charge is 0.461 e. The molecule has 1 aliphatic rings. The second-order valence-corrected chi connectivity index (χ2v) is 10.9. The zero-order valence-electron chi connectivity index (χ0n) is 23.5. The molecule has 46 heavy (non-hydrogen) atoms. The van der Waals surface area contributed by atoms with E-state index in [1.54, 1.807) is 30.3 Å². The van der Waals surface area contributed by atoms with Crippen LogP contribution in [0, 0.1) is 17.5 Å². The van der Waals surface area contributed by atoms with Gasteiger partial charge in [-0.05, 0) is 83.5 Å². The highest BCUT2D eigenvalue weighted by atomic mass is 19.4. The number of carbonyl (C=O) groups is 1. The normalized spacial score (nSPS) is 15.0. The summed E-state index contributed by atoms with van der Waals surface area (Å²) in [5, 5.41) is 2.56. The minimum absolute atomic E-state index is 0.0586. The fraction of sp³-hybridized carbons (Fsp3) is 0.242. The van der Waals surface area contributed by atoms with E-state index in [1.807, 2.05) is 0 Å². The number of carbonyl (C=O) groups excluding carboxylic acids is 1. The Hall–Kier alpha value is -4.55. The van der Waals surface area contributed by atoms with E-state index in [-0.39, 0.29) is 35.1 Å². The average Bonchev–Trinajstić information content (AvgIpc) is 3.82. The van der Waals surface area contributed by atoms with Crippen molar-refractivity contribution in [3.05, 3.63) is 136 Å². The van der Waals surface area contributed by atoms with Crippen molar-refractivity contribution in [2.24, 2.45) is 0 Å². The molecule has 4 aromatic carbocycles. The molecule has 3 nitrogen and oxygen atoms in total. The third-order valence-corrected chi connectivity index (χ3v) is 7.55. The summed E-state index contributed by atoms with van der Waals surface area (Å²) in [7, 11) is 0. The third-order valence-electron chi connectivity index (χ3n) is 7.55. The molecule has 1 saturated carbocycles. The molecule has 13 heteroatoms. The van der Waals surface area contributed by atoms with Gasteiger partial charge in [0.15, 0.2) is 0 Å². The Labute approximate surface area is 255 Å². The van der Waals surface area contributed by atoms with Crippen LogP contribution in [0.2, 0.25) is 0 Å². The molecule has 1 amide bonds. The summed E-state index contributed by atoms with van der Waals surface area (Å²) in [4.78, 5) is 13.8. The molecule has 1 unspecified atom stereocenters. The number of amides is 1. The molecular formula is C33H23F10NO2. The van der Waals surface area contributed by atoms with Gasteiger partial charge in [-0.3, -0.25) is 4.79 Å². The van der Waals surface area contributed by atoms with Gasteiger partial charge in [0.05, 0.1) is 11.1 Å². The first-order valence-corrected chi connectivity index (χ1v) is 13.8. The maximum atomic E-state index is 15.1. The quantitative estimate of drug-likeness (QED) is 0.173. The van der Waals surface area contributed by atoms with E-state index in [4.69, 9.17) is 0 Å². The van der Waals surface area contributed by atoms with Crippen LogP contribution in [0.15, 0.2) is 84.9 Å². The second-order valence-electron chi connectivity index (χ2n) is 10.9. The van der Waals surface area contributed by atoms with Gasteiger partial charge in [-0.25, -0.2) is 13.2 Å². The first kappa shape index (κ1) is 32.8. The average molecular weight is 656 g/mol. The van der Waals surface area contributed by atoms with Crippen LogP contribution in [0.5, 0.6) is 5.75 Å². The molecule has 4 aromatic rings. The van der Waals surface area contributed by atoms with E-state index in [0.29, 0.717) is 30.5 Å². The van der Waals surface area contributed by atoms with Gasteiger partial charge in [-0.15, -0.1) is 0 Å². The number of alkyl halides is 7. The molecule has 1 aliphatic carbocycles. The molecule has 1 N–H and O–H groups in total. The lowest BCUT2D eigenvalue weighted by atomic mass is 9.76. The van der Waals surface area contributed by atoms with Gasteiger partial charge in [0.25, 0.3) is 5.91 Å². The third kappa shape index (κ3) is 6.97. The van der Waals surface area contributed by atoms with Gasteiger partial charge in [0, 0.05) is 18.1 Å². The molecular weight excluding hydrogens is 632 g/mol. The summed E-state index contributed by atoms with van der Waals surface area (Å²) in [6, 6.07) is 15.1. The zero-order valence-corrected chi connectivity index (χ0v) is 23.5. The maximum Gasteiger partial charge on any atom is 0.461 e. The van der Waals surface area contributed by atoms with Crippen LogP contribution in [0.4, 0.5) is 43.9 Å². The summed E-state index contributed by atoms with van der Waals surface area (Å²) in [6.45, 7) is 0. The predicted molar refractivity (Wildman–Crippen MR) is 146 cm³/mol. The summed E-state index contributed by atoms with van der Waals surface area (Å²) in [5.74, 6) is -6.03. The monoisotopic (exact) mass is 655 g/mol. The van der Waals surface area contributed by atoms with Crippen LogP contribution in [0.25, 0.3) is 0 Å². The highest BCUT2D eigenvalue weighted by molar-refractivity contribution is 5.95. The number of hydrogen-bond donors (Lipinski definition) is 1. The lowest BCUT2D eigenvalue weighted by molar-refractivity contribution is -0.253. The Morgan fingerprint density at radius 3 is 2.11 bits per heavy atom. The van der Waals surface area contributed by atoms with Crippen molar-refractivity contribution in [3.8, 4) is 5.75 Å². The van der Waals surface area contributed by atoms with E-state index in [0.717, 1.165) is 24.3 Å². The van der Waals surface area contributed by atoms with Crippen molar-refractivity contribution in [3.63, 3.8) is 0 Å². The molecule has 0 radical (unpaired) electrons. The second kappa shape index (κ2) is 12.3. The maximum absolute atomic E-state index is 15.1. The van der Waals surface area contributed by atoms with Gasteiger partial charge >= 0.3 is 18.7 Å². The summed E-state index contributed by atoms with van der Waals surface area (Å²) in [6.07, 6.45) is -13.6. The Morgan fingerprint density at radius 1 is 0.804 bits per heavy atom. The minimum Gasteiger partial charge on any atom is -0.428 e. The van der Waals surface area contributed by atoms with E-state index in [1.165, 1.54) is 12.1 Å². The molecule has 0 aliphatic heterocycles. The van der Waals surface area contributed by atoms with E-state index >= 15 is 4.39 Å². The molecule has 0 bridgehead atoms. The molecule has 1 atom stereocenters. The minimum atomic E-state index is -5.18. The molecule has 0 aromatic heterocycles. The van der Waals surface area contributed by atoms with Gasteiger partial charge in [-0.1, -0.05) is 36.4 Å². The van der Waals surface area contributed by atoms with Crippen molar-refractivity contribution in [1.82, 2.24) is 5.32 Å². The van der Waals surface area contributed by atoms with E-state index in [9.17, 15) is 44.3 Å². The van der Waals surface area contributed by atoms with Crippen molar-refractivity contribution >= 4 is 5.91 Å². The number of rotatable bonds is 10. The number of ether oxygens (including phenoxy) is 1.